The third kappa shape index (κ3) is 11.2. The van der Waals surface area contributed by atoms with Crippen LogP contribution >= 0.6 is 11.8 Å². The van der Waals surface area contributed by atoms with Crippen molar-refractivity contribution in [3.8, 4) is 17.2 Å². The first-order valence-electron chi connectivity index (χ1n) is 16.5. The van der Waals surface area contributed by atoms with Crippen molar-refractivity contribution in [2.45, 2.75) is 95.8 Å². The number of amides is 1. The zero-order valence-electron chi connectivity index (χ0n) is 29.9. The van der Waals surface area contributed by atoms with Gasteiger partial charge in [-0.3, -0.25) is 9.59 Å². The van der Waals surface area contributed by atoms with Crippen molar-refractivity contribution in [3.63, 3.8) is 0 Å². The van der Waals surface area contributed by atoms with E-state index >= 15 is 0 Å². The molecule has 12 nitrogen and oxygen atoms in total. The van der Waals surface area contributed by atoms with Crippen LogP contribution in [0.5, 0.6) is 17.2 Å². The van der Waals surface area contributed by atoms with E-state index in [4.69, 9.17) is 23.7 Å². The number of hydrogen-bond acceptors (Lipinski definition) is 11. The van der Waals surface area contributed by atoms with Gasteiger partial charge in [0.15, 0.2) is 11.5 Å². The van der Waals surface area contributed by atoms with Gasteiger partial charge in [-0.2, -0.15) is 11.8 Å². The van der Waals surface area contributed by atoms with Gasteiger partial charge in [-0.15, -0.1) is 0 Å². The van der Waals surface area contributed by atoms with E-state index in [1.807, 2.05) is 32.9 Å². The molecule has 51 heavy (non-hydrogen) atoms. The summed E-state index contributed by atoms with van der Waals surface area (Å²) >= 11 is 1.71. The van der Waals surface area contributed by atoms with Gasteiger partial charge >= 0.3 is 11.9 Å². The molecule has 1 aliphatic rings. The van der Waals surface area contributed by atoms with E-state index in [1.54, 1.807) is 66.4 Å². The number of carbonyl (C=O) groups excluding carboxylic acids is 3. The van der Waals surface area contributed by atoms with Crippen LogP contribution in [0.25, 0.3) is 0 Å². The Morgan fingerprint density at radius 2 is 1.55 bits per heavy atom. The highest BCUT2D eigenvalue weighted by Crippen LogP contribution is 2.38. The van der Waals surface area contributed by atoms with Gasteiger partial charge < -0.3 is 49.1 Å². The van der Waals surface area contributed by atoms with E-state index in [0.29, 0.717) is 34.3 Å². The zero-order valence-corrected chi connectivity index (χ0v) is 30.7. The number of rotatable bonds is 12. The van der Waals surface area contributed by atoms with Crippen LogP contribution in [0.1, 0.15) is 58.2 Å². The summed E-state index contributed by atoms with van der Waals surface area (Å²) in [5.41, 5.74) is 2.09. The largest absolute Gasteiger partial charge is 0.516 e. The van der Waals surface area contributed by atoms with Crippen LogP contribution < -0.4 is 14.8 Å². The third-order valence-electron chi connectivity index (χ3n) is 7.75. The molecule has 1 heterocycles. The summed E-state index contributed by atoms with van der Waals surface area (Å²) in [7, 11) is 1.49. The van der Waals surface area contributed by atoms with E-state index in [-0.39, 0.29) is 23.7 Å². The van der Waals surface area contributed by atoms with Crippen LogP contribution in [0.15, 0.2) is 66.7 Å². The number of methoxy groups -OCH3 is 1. The molecule has 4 rings (SSSR count). The number of aliphatic hydroxyl groups excluding tert-OH is 3. The molecule has 0 spiro atoms. The predicted octanol–water partition coefficient (Wildman–Crippen LogP) is 5.12. The van der Waals surface area contributed by atoms with Crippen molar-refractivity contribution >= 4 is 35.3 Å². The fourth-order valence-electron chi connectivity index (χ4n) is 4.81. The van der Waals surface area contributed by atoms with E-state index in [1.165, 1.54) is 7.11 Å². The third-order valence-corrected chi connectivity index (χ3v) is 9.07. The molecule has 0 radical (unpaired) electrons. The van der Waals surface area contributed by atoms with Gasteiger partial charge in [-0.1, -0.05) is 77.9 Å². The first-order valence-corrected chi connectivity index (χ1v) is 17.5. The van der Waals surface area contributed by atoms with E-state index in [9.17, 15) is 29.7 Å². The van der Waals surface area contributed by atoms with Gasteiger partial charge in [0.25, 0.3) is 0 Å². The van der Waals surface area contributed by atoms with Gasteiger partial charge in [0.2, 0.25) is 24.9 Å². The maximum absolute atomic E-state index is 13.1. The molecule has 0 aromatic heterocycles. The van der Waals surface area contributed by atoms with Crippen molar-refractivity contribution in [1.29, 1.82) is 0 Å². The van der Waals surface area contributed by atoms with Crippen molar-refractivity contribution in [2.24, 2.45) is 5.41 Å². The van der Waals surface area contributed by atoms with E-state index in [2.05, 4.69) is 26.1 Å². The number of thioether (sulfide) groups is 1. The number of anilines is 1. The van der Waals surface area contributed by atoms with E-state index in [0.717, 1.165) is 11.1 Å². The number of nitrogens with one attached hydrogen (secondary N) is 1. The van der Waals surface area contributed by atoms with E-state index < -0.39 is 48.1 Å². The fourth-order valence-corrected chi connectivity index (χ4v) is 5.63. The quantitative estimate of drug-likeness (QED) is 0.144. The zero-order chi connectivity index (χ0) is 37.5. The van der Waals surface area contributed by atoms with Crippen molar-refractivity contribution < 1.29 is 53.4 Å². The fraction of sp³-hybridized carbons (Fsp3) is 0.447. The van der Waals surface area contributed by atoms with Gasteiger partial charge in [0, 0.05) is 32.7 Å². The smallest absolute Gasteiger partial charge is 0.493 e. The molecule has 276 valence electrons. The number of aliphatic hydroxyl groups is 3. The van der Waals surface area contributed by atoms with Gasteiger partial charge in [0.1, 0.15) is 24.1 Å². The molecule has 0 unspecified atom stereocenters. The van der Waals surface area contributed by atoms with Gasteiger partial charge in [-0.25, -0.2) is 0 Å². The van der Waals surface area contributed by atoms with Crippen LogP contribution in [-0.2, 0) is 42.6 Å². The Morgan fingerprint density at radius 1 is 0.863 bits per heavy atom. The van der Waals surface area contributed by atoms with Gasteiger partial charge in [-0.05, 0) is 35.9 Å². The molecule has 1 fully saturated rings. The lowest BCUT2D eigenvalue weighted by Crippen LogP contribution is -2.61. The molecule has 3 aromatic rings. The number of hydrogen-bond donors (Lipinski definition) is 4. The second-order valence-corrected chi connectivity index (χ2v) is 16.0. The van der Waals surface area contributed by atoms with Crippen LogP contribution in [0.4, 0.5) is 5.69 Å². The van der Waals surface area contributed by atoms with Crippen LogP contribution in [0.3, 0.4) is 0 Å². The Balaban J connectivity index is 1.48. The Labute approximate surface area is 302 Å². The maximum Gasteiger partial charge on any atom is 0.516 e. The maximum atomic E-state index is 13.1. The predicted molar refractivity (Wildman–Crippen MR) is 193 cm³/mol. The summed E-state index contributed by atoms with van der Waals surface area (Å²) in [6.07, 6.45) is -9.01. The van der Waals surface area contributed by atoms with Crippen molar-refractivity contribution in [1.82, 2.24) is 0 Å². The standard InChI is InChI=1S/C38H47NO11S/c1-37(2,3)36(45)39-25-14-16-26(24(19-25)21-51-38(4,5)6)48-28-17-23(13-15-27(28)46-7)18-29(40)49-35-32(43)30(41)31(42)33(50-35)34(44)47-20-22-11-9-8-10-12-22/h8-17,19,30-33,35,41-43H,18,20-21H2,1-7H3,(H,39,45)/p+1/t30-,31-,32+,33-,35-/m1/s1. The molecule has 0 saturated carbocycles. The highest BCUT2D eigenvalue weighted by molar-refractivity contribution is 7.99. The second-order valence-electron chi connectivity index (χ2n) is 14.2. The lowest BCUT2D eigenvalue weighted by molar-refractivity contribution is -0.278. The highest BCUT2D eigenvalue weighted by atomic mass is 32.2. The molecule has 1 aliphatic heterocycles. The van der Waals surface area contributed by atoms with Crippen LogP contribution in [0.2, 0.25) is 0 Å². The Morgan fingerprint density at radius 3 is 2.20 bits per heavy atom. The Hall–Kier alpha value is -4.14. The normalized spacial score (nSPS) is 20.6. The van der Waals surface area contributed by atoms with Crippen LogP contribution in [-0.4, -0.2) is 80.5 Å². The molecular formula is C38H48NO11S+. The van der Waals surface area contributed by atoms with Gasteiger partial charge in [0.05, 0.1) is 13.5 Å². The topological polar surface area (TPSA) is 174 Å². The van der Waals surface area contributed by atoms with Crippen molar-refractivity contribution in [2.75, 3.05) is 12.4 Å². The minimum absolute atomic E-state index is 0.0460. The molecule has 3 aromatic carbocycles. The Bertz CT molecular complexity index is 1670. The average Bonchev–Trinajstić information content (AvgIpc) is 3.07. The number of benzene rings is 3. The molecule has 5 N–H and O–H groups in total. The molecule has 5 atom stereocenters. The Kier molecular flexibility index (Phi) is 13.2. The summed E-state index contributed by atoms with van der Waals surface area (Å²) in [6.45, 7) is 11.8. The number of ether oxygens (including phenoxy) is 5. The summed E-state index contributed by atoms with van der Waals surface area (Å²) in [4.78, 5) is 36.3. The first-order chi connectivity index (χ1) is 23.9. The molecular weight excluding hydrogens is 678 g/mol. The minimum Gasteiger partial charge on any atom is -0.493 e. The number of carbonyl (C=O) groups is 2. The average molecular weight is 727 g/mol. The van der Waals surface area contributed by atoms with Crippen LogP contribution in [0, 0.1) is 5.41 Å². The monoisotopic (exact) mass is 726 g/mol. The second kappa shape index (κ2) is 16.9. The number of esters is 2. The lowest BCUT2D eigenvalue weighted by Gasteiger charge is -2.37. The summed E-state index contributed by atoms with van der Waals surface area (Å²) in [6, 6.07) is 19.2. The summed E-state index contributed by atoms with van der Waals surface area (Å²) in [5, 5.41) is 34.4. The van der Waals surface area contributed by atoms with Crippen molar-refractivity contribution in [3.05, 3.63) is 83.4 Å². The minimum atomic E-state index is -1.82. The first kappa shape index (κ1) is 39.6. The molecule has 0 bridgehead atoms. The summed E-state index contributed by atoms with van der Waals surface area (Å²) < 4.78 is 28.1. The highest BCUT2D eigenvalue weighted by Gasteiger charge is 2.52. The molecule has 1 amide bonds. The molecule has 1 saturated heterocycles. The SMILES string of the molecule is COc1ccc(CC(=O)O[C@@H]2O[C@@H](C(=[OH+])OCc3ccccc3)[C@H](O)[C@@H](O)[C@@H]2O)cc1Oc1ccc(NC(=O)C(C)(C)C)cc1CSC(C)(C)C. The lowest BCUT2D eigenvalue weighted by atomic mass is 9.95. The molecule has 0 aliphatic carbocycles. The summed E-state index contributed by atoms with van der Waals surface area (Å²) in [5.74, 6) is 0.135. The molecule has 13 heteroatoms.